The highest BCUT2D eigenvalue weighted by atomic mass is 35.5. The fraction of sp³-hybridized carbons (Fsp3) is 0.455. The topological polar surface area (TPSA) is 77.1 Å². The van der Waals surface area contributed by atoms with Crippen molar-refractivity contribution in [1.82, 2.24) is 4.57 Å². The number of halogens is 1. The van der Waals surface area contributed by atoms with Crippen LogP contribution in [-0.2, 0) is 11.8 Å². The molecule has 6 heteroatoms. The van der Waals surface area contributed by atoms with Crippen molar-refractivity contribution in [3.8, 4) is 0 Å². The van der Waals surface area contributed by atoms with E-state index in [9.17, 15) is 9.59 Å². The van der Waals surface area contributed by atoms with Gasteiger partial charge in [-0.3, -0.25) is 9.59 Å². The van der Waals surface area contributed by atoms with Crippen molar-refractivity contribution in [2.24, 2.45) is 18.7 Å². The number of nitrogens with one attached hydrogen (secondary N) is 1. The third kappa shape index (κ3) is 4.20. The fourth-order valence-corrected chi connectivity index (χ4v) is 1.20. The van der Waals surface area contributed by atoms with E-state index in [-0.39, 0.29) is 29.8 Å². The Bertz CT molecular complexity index is 443. The van der Waals surface area contributed by atoms with Crippen LogP contribution in [0.25, 0.3) is 0 Å². The number of hydrogen-bond acceptors (Lipinski definition) is 3. The van der Waals surface area contributed by atoms with Crippen LogP contribution in [0.3, 0.4) is 0 Å². The van der Waals surface area contributed by atoms with E-state index in [0.717, 1.165) is 0 Å². The van der Waals surface area contributed by atoms with Crippen LogP contribution < -0.4 is 16.6 Å². The first-order valence-electron chi connectivity index (χ1n) is 5.15. The summed E-state index contributed by atoms with van der Waals surface area (Å²) in [6.07, 6.45) is 1.56. The van der Waals surface area contributed by atoms with Gasteiger partial charge in [0.05, 0.1) is 11.7 Å². The predicted molar refractivity (Wildman–Crippen MR) is 70.4 cm³/mol. The summed E-state index contributed by atoms with van der Waals surface area (Å²) in [5.41, 5.74) is 6.15. The van der Waals surface area contributed by atoms with Crippen LogP contribution in [0.15, 0.2) is 23.1 Å². The summed E-state index contributed by atoms with van der Waals surface area (Å²) in [5, 5.41) is 2.67. The van der Waals surface area contributed by atoms with E-state index in [1.165, 1.54) is 10.6 Å². The van der Waals surface area contributed by atoms with Gasteiger partial charge in [-0.2, -0.15) is 0 Å². The molecule has 0 spiro atoms. The summed E-state index contributed by atoms with van der Waals surface area (Å²) in [5.74, 6) is -0.166. The molecular weight excluding hydrogens is 242 g/mol. The number of carbonyl (C=O) groups excluding carboxylic acids is 1. The van der Waals surface area contributed by atoms with Gasteiger partial charge < -0.3 is 15.6 Å². The van der Waals surface area contributed by atoms with Gasteiger partial charge in [-0.25, -0.2) is 0 Å². The number of aryl methyl sites for hydroxylation is 1. The SMILES string of the molecule is CC(C)[C@H](N)C(=O)Nc1ccc(=O)n(C)c1.Cl. The average molecular weight is 260 g/mol. The molecule has 17 heavy (non-hydrogen) atoms. The van der Waals surface area contributed by atoms with Crippen molar-refractivity contribution in [3.63, 3.8) is 0 Å². The lowest BCUT2D eigenvalue weighted by molar-refractivity contribution is -0.118. The van der Waals surface area contributed by atoms with Crippen molar-refractivity contribution >= 4 is 24.0 Å². The van der Waals surface area contributed by atoms with Crippen molar-refractivity contribution < 1.29 is 4.79 Å². The minimum absolute atomic E-state index is 0. The van der Waals surface area contributed by atoms with Gasteiger partial charge in [-0.05, 0) is 12.0 Å². The van der Waals surface area contributed by atoms with Gasteiger partial charge in [-0.15, -0.1) is 12.4 Å². The highest BCUT2D eigenvalue weighted by Gasteiger charge is 2.17. The standard InChI is InChI=1S/C11H17N3O2.ClH/c1-7(2)10(12)11(16)13-8-4-5-9(15)14(3)6-8;/h4-7,10H,12H2,1-3H3,(H,13,16);1H/t10-;/m0./s1. The Morgan fingerprint density at radius 2 is 2.00 bits per heavy atom. The van der Waals surface area contributed by atoms with E-state index in [4.69, 9.17) is 5.73 Å². The average Bonchev–Trinajstić information content (AvgIpc) is 2.22. The summed E-state index contributed by atoms with van der Waals surface area (Å²) in [6, 6.07) is 2.42. The molecule has 0 aromatic carbocycles. The lowest BCUT2D eigenvalue weighted by Crippen LogP contribution is -2.39. The van der Waals surface area contributed by atoms with E-state index in [1.807, 2.05) is 13.8 Å². The van der Waals surface area contributed by atoms with Crippen molar-refractivity contribution in [2.45, 2.75) is 19.9 Å². The Morgan fingerprint density at radius 3 is 2.47 bits per heavy atom. The van der Waals surface area contributed by atoms with Crippen molar-refractivity contribution in [3.05, 3.63) is 28.7 Å². The number of aromatic nitrogens is 1. The number of carbonyl (C=O) groups is 1. The lowest BCUT2D eigenvalue weighted by atomic mass is 10.1. The van der Waals surface area contributed by atoms with E-state index in [1.54, 1.807) is 19.3 Å². The molecule has 0 bridgehead atoms. The minimum Gasteiger partial charge on any atom is -0.323 e. The van der Waals surface area contributed by atoms with Crippen LogP contribution >= 0.6 is 12.4 Å². The van der Waals surface area contributed by atoms with Crippen molar-refractivity contribution in [1.29, 1.82) is 0 Å². The van der Waals surface area contributed by atoms with E-state index in [0.29, 0.717) is 5.69 Å². The molecule has 1 aromatic rings. The molecule has 0 fully saturated rings. The van der Waals surface area contributed by atoms with Gasteiger partial charge in [0.1, 0.15) is 0 Å². The number of amides is 1. The summed E-state index contributed by atoms with van der Waals surface area (Å²) in [6.45, 7) is 3.76. The zero-order valence-corrected chi connectivity index (χ0v) is 11.0. The number of pyridine rings is 1. The predicted octanol–water partition coefficient (Wildman–Crippen LogP) is 0.729. The monoisotopic (exact) mass is 259 g/mol. The maximum absolute atomic E-state index is 11.6. The van der Waals surface area contributed by atoms with Gasteiger partial charge in [0.15, 0.2) is 0 Å². The number of anilines is 1. The molecule has 0 saturated heterocycles. The zero-order valence-electron chi connectivity index (χ0n) is 10.1. The Hall–Kier alpha value is -1.33. The summed E-state index contributed by atoms with van der Waals surface area (Å²) >= 11 is 0. The molecule has 96 valence electrons. The van der Waals surface area contributed by atoms with E-state index >= 15 is 0 Å². The van der Waals surface area contributed by atoms with Crippen LogP contribution in [-0.4, -0.2) is 16.5 Å². The van der Waals surface area contributed by atoms with Crippen LogP contribution in [0.5, 0.6) is 0 Å². The molecule has 5 nitrogen and oxygen atoms in total. The second-order valence-corrected chi connectivity index (χ2v) is 4.13. The first-order valence-corrected chi connectivity index (χ1v) is 5.15. The molecule has 0 aliphatic rings. The Labute approximate surface area is 106 Å². The van der Waals surface area contributed by atoms with E-state index < -0.39 is 6.04 Å². The second-order valence-electron chi connectivity index (χ2n) is 4.13. The maximum Gasteiger partial charge on any atom is 0.250 e. The highest BCUT2D eigenvalue weighted by Crippen LogP contribution is 2.05. The third-order valence-corrected chi connectivity index (χ3v) is 2.37. The molecule has 0 radical (unpaired) electrons. The summed E-state index contributed by atoms with van der Waals surface area (Å²) in [7, 11) is 1.63. The molecule has 0 unspecified atom stereocenters. The van der Waals surface area contributed by atoms with Gasteiger partial charge in [-0.1, -0.05) is 13.8 Å². The number of hydrogen-bond donors (Lipinski definition) is 2. The van der Waals surface area contributed by atoms with Gasteiger partial charge in [0.2, 0.25) is 11.5 Å². The number of rotatable bonds is 3. The van der Waals surface area contributed by atoms with Crippen LogP contribution in [0.2, 0.25) is 0 Å². The minimum atomic E-state index is -0.544. The highest BCUT2D eigenvalue weighted by molar-refractivity contribution is 5.94. The van der Waals surface area contributed by atoms with Crippen molar-refractivity contribution in [2.75, 3.05) is 5.32 Å². The maximum atomic E-state index is 11.6. The molecule has 1 amide bonds. The first kappa shape index (κ1) is 15.7. The quantitative estimate of drug-likeness (QED) is 0.840. The largest absolute Gasteiger partial charge is 0.323 e. The Balaban J connectivity index is 0.00000256. The normalized spacial score (nSPS) is 11.8. The van der Waals surface area contributed by atoms with Gasteiger partial charge in [0, 0.05) is 19.3 Å². The Morgan fingerprint density at radius 1 is 1.41 bits per heavy atom. The Kier molecular flexibility index (Phi) is 5.91. The molecule has 0 aliphatic carbocycles. The summed E-state index contributed by atoms with van der Waals surface area (Å²) in [4.78, 5) is 22.8. The smallest absolute Gasteiger partial charge is 0.250 e. The lowest BCUT2D eigenvalue weighted by Gasteiger charge is -2.15. The third-order valence-electron chi connectivity index (χ3n) is 2.37. The molecule has 0 aliphatic heterocycles. The first-order chi connectivity index (χ1) is 7.41. The molecule has 1 aromatic heterocycles. The molecule has 1 atom stereocenters. The van der Waals surface area contributed by atoms with Gasteiger partial charge >= 0.3 is 0 Å². The number of nitrogens with zero attached hydrogens (tertiary/aromatic N) is 1. The molecule has 0 saturated carbocycles. The fourth-order valence-electron chi connectivity index (χ4n) is 1.20. The molecule has 3 N–H and O–H groups in total. The summed E-state index contributed by atoms with van der Waals surface area (Å²) < 4.78 is 1.40. The van der Waals surface area contributed by atoms with Gasteiger partial charge in [0.25, 0.3) is 0 Å². The number of nitrogens with two attached hydrogens (primary N) is 1. The zero-order chi connectivity index (χ0) is 12.3. The van der Waals surface area contributed by atoms with Crippen LogP contribution in [0, 0.1) is 5.92 Å². The molecular formula is C11H18ClN3O2. The van der Waals surface area contributed by atoms with Crippen LogP contribution in [0.4, 0.5) is 5.69 Å². The molecule has 1 rings (SSSR count). The molecule has 1 heterocycles. The van der Waals surface area contributed by atoms with E-state index in [2.05, 4.69) is 5.32 Å². The second kappa shape index (κ2) is 6.42. The van der Waals surface area contributed by atoms with Crippen LogP contribution in [0.1, 0.15) is 13.8 Å².